The van der Waals surface area contributed by atoms with E-state index in [9.17, 15) is 10.1 Å². The summed E-state index contributed by atoms with van der Waals surface area (Å²) in [6, 6.07) is 5.68. The zero-order valence-corrected chi connectivity index (χ0v) is 12.7. The van der Waals surface area contributed by atoms with E-state index in [1.54, 1.807) is 12.1 Å². The van der Waals surface area contributed by atoms with Gasteiger partial charge >= 0.3 is 0 Å². The first-order valence-corrected chi connectivity index (χ1v) is 7.18. The lowest BCUT2D eigenvalue weighted by Crippen LogP contribution is -2.30. The summed E-state index contributed by atoms with van der Waals surface area (Å²) < 4.78 is 0.679. The molecular formula is C13H17IN2O2. The minimum Gasteiger partial charge on any atom is -0.382 e. The highest BCUT2D eigenvalue weighted by atomic mass is 127. The van der Waals surface area contributed by atoms with Crippen molar-refractivity contribution in [2.75, 3.05) is 5.32 Å². The van der Waals surface area contributed by atoms with E-state index in [4.69, 9.17) is 0 Å². The first kappa shape index (κ1) is 13.6. The molecule has 1 aliphatic rings. The Hall–Kier alpha value is -0.850. The van der Waals surface area contributed by atoms with Gasteiger partial charge in [-0.25, -0.2) is 0 Å². The van der Waals surface area contributed by atoms with Gasteiger partial charge in [-0.15, -0.1) is 0 Å². The minimum atomic E-state index is -0.342. The number of nitrogens with one attached hydrogen (secondary N) is 1. The Morgan fingerprint density at radius 2 is 2.22 bits per heavy atom. The van der Waals surface area contributed by atoms with Gasteiger partial charge in [0.05, 0.1) is 8.49 Å². The predicted molar refractivity (Wildman–Crippen MR) is 80.9 cm³/mol. The maximum absolute atomic E-state index is 10.8. The first-order valence-electron chi connectivity index (χ1n) is 6.10. The normalized spacial score (nSPS) is 21.8. The van der Waals surface area contributed by atoms with Crippen LogP contribution in [0, 0.1) is 19.1 Å². The molecule has 1 atom stereocenters. The quantitative estimate of drug-likeness (QED) is 0.500. The summed E-state index contributed by atoms with van der Waals surface area (Å²) in [5, 5.41) is 14.3. The zero-order valence-electron chi connectivity index (χ0n) is 10.6. The van der Waals surface area contributed by atoms with Crippen LogP contribution in [0.5, 0.6) is 0 Å². The number of halogens is 1. The maximum atomic E-state index is 10.8. The van der Waals surface area contributed by atoms with Crippen molar-refractivity contribution in [3.05, 3.63) is 31.9 Å². The molecule has 1 saturated carbocycles. The Labute approximate surface area is 120 Å². The molecule has 0 amide bonds. The van der Waals surface area contributed by atoms with Gasteiger partial charge in [0.25, 0.3) is 5.69 Å². The number of hydrogen-bond donors (Lipinski definition) is 1. The van der Waals surface area contributed by atoms with E-state index in [1.165, 1.54) is 19.3 Å². The molecule has 1 aliphatic carbocycles. The summed E-state index contributed by atoms with van der Waals surface area (Å²) in [6.45, 7) is 4.54. The molecule has 0 heterocycles. The van der Waals surface area contributed by atoms with Crippen molar-refractivity contribution in [1.29, 1.82) is 0 Å². The molecule has 1 aromatic carbocycles. The van der Waals surface area contributed by atoms with Gasteiger partial charge in [0, 0.05) is 17.8 Å². The summed E-state index contributed by atoms with van der Waals surface area (Å²) in [5.74, 6) is 0. The number of benzene rings is 1. The number of hydrogen-bond acceptors (Lipinski definition) is 3. The summed E-state index contributed by atoms with van der Waals surface area (Å²) in [5.41, 5.74) is 1.45. The van der Waals surface area contributed by atoms with Crippen LogP contribution in [-0.2, 0) is 0 Å². The Morgan fingerprint density at radius 1 is 1.50 bits per heavy atom. The zero-order chi connectivity index (χ0) is 13.3. The van der Waals surface area contributed by atoms with Gasteiger partial charge in [0.1, 0.15) is 0 Å². The van der Waals surface area contributed by atoms with E-state index in [2.05, 4.69) is 19.2 Å². The van der Waals surface area contributed by atoms with E-state index in [1.807, 2.05) is 28.7 Å². The number of nitro groups is 1. The van der Waals surface area contributed by atoms with E-state index in [0.29, 0.717) is 15.0 Å². The fourth-order valence-corrected chi connectivity index (χ4v) is 3.25. The molecule has 1 unspecified atom stereocenters. The van der Waals surface area contributed by atoms with Crippen LogP contribution in [0.1, 0.15) is 33.1 Å². The molecule has 1 fully saturated rings. The summed E-state index contributed by atoms with van der Waals surface area (Å²) >= 11 is 2.01. The summed E-state index contributed by atoms with van der Waals surface area (Å²) in [6.07, 6.45) is 3.64. The number of anilines is 1. The fourth-order valence-electron chi connectivity index (χ4n) is 2.54. The number of nitro benzene ring substituents is 1. The van der Waals surface area contributed by atoms with E-state index in [0.717, 1.165) is 5.69 Å². The highest BCUT2D eigenvalue weighted by Gasteiger charge is 2.34. The van der Waals surface area contributed by atoms with Gasteiger partial charge in [0.2, 0.25) is 0 Å². The molecule has 0 aromatic heterocycles. The molecule has 2 rings (SSSR count). The number of nitrogens with zero attached hydrogens (tertiary/aromatic N) is 1. The molecule has 1 N–H and O–H groups in total. The van der Waals surface area contributed by atoms with E-state index in [-0.39, 0.29) is 10.6 Å². The van der Waals surface area contributed by atoms with Crippen LogP contribution in [0.2, 0.25) is 0 Å². The standard InChI is InChI=1S/C13H17IN2O2/c1-13(2)7-3-4-12(13)15-9-5-6-11(16(17)18)10(14)8-9/h5-6,8,12,15H,3-4,7H2,1-2H3. The Bertz CT molecular complexity index is 474. The second-order valence-corrected chi connectivity index (χ2v) is 6.66. The van der Waals surface area contributed by atoms with E-state index >= 15 is 0 Å². The molecule has 0 radical (unpaired) electrons. The fraction of sp³-hybridized carbons (Fsp3) is 0.538. The van der Waals surface area contributed by atoms with Gasteiger partial charge in [-0.05, 0) is 53.0 Å². The topological polar surface area (TPSA) is 55.2 Å². The first-order chi connectivity index (χ1) is 8.40. The van der Waals surface area contributed by atoms with Crippen LogP contribution in [0.3, 0.4) is 0 Å². The Kier molecular flexibility index (Phi) is 3.79. The third-order valence-electron chi connectivity index (χ3n) is 3.74. The van der Waals surface area contributed by atoms with Crippen molar-refractivity contribution in [1.82, 2.24) is 0 Å². The molecule has 98 valence electrons. The lowest BCUT2D eigenvalue weighted by Gasteiger charge is -2.28. The minimum absolute atomic E-state index is 0.173. The van der Waals surface area contributed by atoms with Gasteiger partial charge in [0.15, 0.2) is 0 Å². The van der Waals surface area contributed by atoms with Gasteiger partial charge in [-0.1, -0.05) is 20.3 Å². The monoisotopic (exact) mass is 360 g/mol. The van der Waals surface area contributed by atoms with Gasteiger partial charge in [-0.3, -0.25) is 10.1 Å². The van der Waals surface area contributed by atoms with Gasteiger partial charge in [-0.2, -0.15) is 0 Å². The Morgan fingerprint density at radius 3 is 2.72 bits per heavy atom. The van der Waals surface area contributed by atoms with Crippen LogP contribution in [0.4, 0.5) is 11.4 Å². The molecule has 0 bridgehead atoms. The molecule has 4 nitrogen and oxygen atoms in total. The molecule has 18 heavy (non-hydrogen) atoms. The van der Waals surface area contributed by atoms with Crippen molar-refractivity contribution in [2.45, 2.75) is 39.2 Å². The van der Waals surface area contributed by atoms with Crippen molar-refractivity contribution in [2.24, 2.45) is 5.41 Å². The third kappa shape index (κ3) is 2.76. The maximum Gasteiger partial charge on any atom is 0.282 e. The molecule has 0 saturated heterocycles. The lowest BCUT2D eigenvalue weighted by molar-refractivity contribution is -0.385. The van der Waals surface area contributed by atoms with Crippen LogP contribution in [0.25, 0.3) is 0 Å². The van der Waals surface area contributed by atoms with Crippen molar-refractivity contribution in [3.8, 4) is 0 Å². The van der Waals surface area contributed by atoms with Crippen LogP contribution in [-0.4, -0.2) is 11.0 Å². The molecule has 1 aromatic rings. The average Bonchev–Trinajstić information content (AvgIpc) is 2.58. The highest BCUT2D eigenvalue weighted by molar-refractivity contribution is 14.1. The summed E-state index contributed by atoms with van der Waals surface area (Å²) in [4.78, 5) is 10.4. The third-order valence-corrected chi connectivity index (χ3v) is 4.61. The van der Waals surface area contributed by atoms with Crippen LogP contribution in [0.15, 0.2) is 18.2 Å². The SMILES string of the molecule is CC1(C)CCCC1Nc1ccc([N+](=O)[O-])c(I)c1. The predicted octanol–water partition coefficient (Wildman–Crippen LogP) is 4.19. The molecule has 0 spiro atoms. The van der Waals surface area contributed by atoms with Crippen LogP contribution < -0.4 is 5.32 Å². The van der Waals surface area contributed by atoms with Gasteiger partial charge < -0.3 is 5.32 Å². The average molecular weight is 360 g/mol. The molecule has 5 heteroatoms. The highest BCUT2D eigenvalue weighted by Crippen LogP contribution is 2.39. The van der Waals surface area contributed by atoms with Crippen molar-refractivity contribution >= 4 is 34.0 Å². The van der Waals surface area contributed by atoms with Crippen molar-refractivity contribution < 1.29 is 4.92 Å². The smallest absolute Gasteiger partial charge is 0.282 e. The van der Waals surface area contributed by atoms with Crippen molar-refractivity contribution in [3.63, 3.8) is 0 Å². The molecular weight excluding hydrogens is 343 g/mol. The second-order valence-electron chi connectivity index (χ2n) is 5.50. The molecule has 0 aliphatic heterocycles. The number of rotatable bonds is 3. The second kappa shape index (κ2) is 5.03. The van der Waals surface area contributed by atoms with Crippen LogP contribution >= 0.6 is 22.6 Å². The lowest BCUT2D eigenvalue weighted by atomic mass is 9.87. The largest absolute Gasteiger partial charge is 0.382 e. The summed E-state index contributed by atoms with van der Waals surface area (Å²) in [7, 11) is 0. The van der Waals surface area contributed by atoms with E-state index < -0.39 is 0 Å². The Balaban J connectivity index is 2.16.